The van der Waals surface area contributed by atoms with Crippen LogP contribution in [0.5, 0.6) is 0 Å². The lowest BCUT2D eigenvalue weighted by Crippen LogP contribution is -2.30. The van der Waals surface area contributed by atoms with Gasteiger partial charge in [-0.05, 0) is 12.5 Å². The van der Waals surface area contributed by atoms with Crippen molar-refractivity contribution in [2.24, 2.45) is 0 Å². The maximum Gasteiger partial charge on any atom is 0.272 e. The normalized spacial score (nSPS) is 12.1. The lowest BCUT2D eigenvalue weighted by Gasteiger charge is -2.13. The molecule has 0 radical (unpaired) electrons. The molecule has 1 unspecified atom stereocenters. The number of hydrogen-bond donors (Lipinski definition) is 3. The highest BCUT2D eigenvalue weighted by atomic mass is 16.2. The number of nitrogens with one attached hydrogen (secondary N) is 3. The number of imidazole rings is 1. The average Bonchev–Trinajstić information content (AvgIpc) is 2.90. The molecule has 0 saturated heterocycles. The van der Waals surface area contributed by atoms with E-state index in [1.807, 2.05) is 6.92 Å². The van der Waals surface area contributed by atoms with Crippen LogP contribution in [0.4, 0.5) is 0 Å². The first-order chi connectivity index (χ1) is 8.70. The van der Waals surface area contributed by atoms with Gasteiger partial charge >= 0.3 is 0 Å². The minimum Gasteiger partial charge on any atom is -0.347 e. The van der Waals surface area contributed by atoms with E-state index in [0.29, 0.717) is 12.2 Å². The molecule has 7 nitrogen and oxygen atoms in total. The molecule has 2 aromatic heterocycles. The van der Waals surface area contributed by atoms with Crippen LogP contribution in [0.15, 0.2) is 29.3 Å². The van der Waals surface area contributed by atoms with Gasteiger partial charge in [0.05, 0.1) is 6.04 Å². The minimum absolute atomic E-state index is 0.166. The maximum atomic E-state index is 11.9. The van der Waals surface area contributed by atoms with Gasteiger partial charge in [0.2, 0.25) is 0 Å². The lowest BCUT2D eigenvalue weighted by molar-refractivity contribution is 0.0927. The Morgan fingerprint density at radius 2 is 2.33 bits per heavy atom. The zero-order valence-corrected chi connectivity index (χ0v) is 9.80. The quantitative estimate of drug-likeness (QED) is 0.726. The predicted octanol–water partition coefficient (Wildman–Crippen LogP) is 0.374. The monoisotopic (exact) mass is 247 g/mol. The number of carbonyl (C=O) groups is 1. The third-order valence-corrected chi connectivity index (χ3v) is 2.47. The second-order valence-electron chi connectivity index (χ2n) is 3.72. The Balaban J connectivity index is 2.10. The minimum atomic E-state index is -0.352. The molecule has 1 amide bonds. The smallest absolute Gasteiger partial charge is 0.272 e. The summed E-state index contributed by atoms with van der Waals surface area (Å²) >= 11 is 0. The Bertz CT molecular complexity index is 555. The number of hydrogen-bond acceptors (Lipinski definition) is 4. The number of rotatable bonds is 4. The molecule has 0 bridgehead atoms. The SMILES string of the molecule is CCC(NC(=O)c1ccc(=O)[nH]n1)c1ncc[nH]1. The number of aromatic nitrogens is 4. The molecular formula is C11H13N5O2. The van der Waals surface area contributed by atoms with Gasteiger partial charge in [0.15, 0.2) is 0 Å². The molecule has 0 spiro atoms. The zero-order valence-electron chi connectivity index (χ0n) is 9.80. The fourth-order valence-corrected chi connectivity index (χ4v) is 1.53. The Morgan fingerprint density at radius 3 is 2.89 bits per heavy atom. The van der Waals surface area contributed by atoms with Gasteiger partial charge in [0.25, 0.3) is 11.5 Å². The van der Waals surface area contributed by atoms with Gasteiger partial charge in [0.1, 0.15) is 11.5 Å². The number of H-pyrrole nitrogens is 2. The van der Waals surface area contributed by atoms with Gasteiger partial charge in [-0.3, -0.25) is 9.59 Å². The van der Waals surface area contributed by atoms with Crippen LogP contribution >= 0.6 is 0 Å². The van der Waals surface area contributed by atoms with Gasteiger partial charge in [-0.2, -0.15) is 5.10 Å². The van der Waals surface area contributed by atoms with Crippen molar-refractivity contribution in [3.63, 3.8) is 0 Å². The van der Waals surface area contributed by atoms with Gasteiger partial charge < -0.3 is 10.3 Å². The van der Waals surface area contributed by atoms with E-state index in [9.17, 15) is 9.59 Å². The van der Waals surface area contributed by atoms with Crippen molar-refractivity contribution in [2.75, 3.05) is 0 Å². The fraction of sp³-hybridized carbons (Fsp3) is 0.273. The molecule has 1 atom stereocenters. The summed E-state index contributed by atoms with van der Waals surface area (Å²) < 4.78 is 0. The summed E-state index contributed by atoms with van der Waals surface area (Å²) in [5.74, 6) is 0.338. The third-order valence-electron chi connectivity index (χ3n) is 2.47. The van der Waals surface area contributed by atoms with Crippen LogP contribution in [-0.4, -0.2) is 26.1 Å². The van der Waals surface area contributed by atoms with Gasteiger partial charge in [-0.25, -0.2) is 10.1 Å². The molecule has 0 fully saturated rings. The van der Waals surface area contributed by atoms with Crippen molar-refractivity contribution in [3.8, 4) is 0 Å². The third kappa shape index (κ3) is 2.62. The van der Waals surface area contributed by atoms with Crippen LogP contribution in [0.3, 0.4) is 0 Å². The molecule has 0 aliphatic carbocycles. The van der Waals surface area contributed by atoms with Crippen LogP contribution in [0.1, 0.15) is 35.7 Å². The van der Waals surface area contributed by atoms with Gasteiger partial charge in [0, 0.05) is 18.5 Å². The molecule has 0 saturated carbocycles. The van der Waals surface area contributed by atoms with Crippen LogP contribution in [0, 0.1) is 0 Å². The molecule has 0 aromatic carbocycles. The van der Waals surface area contributed by atoms with Gasteiger partial charge in [-0.1, -0.05) is 6.92 Å². The second kappa shape index (κ2) is 5.26. The van der Waals surface area contributed by atoms with E-state index < -0.39 is 0 Å². The Labute approximate surface area is 103 Å². The molecule has 94 valence electrons. The van der Waals surface area contributed by atoms with Crippen LogP contribution in [0.2, 0.25) is 0 Å². The largest absolute Gasteiger partial charge is 0.347 e. The van der Waals surface area contributed by atoms with E-state index in [1.165, 1.54) is 12.1 Å². The predicted molar refractivity (Wildman–Crippen MR) is 63.9 cm³/mol. The van der Waals surface area contributed by atoms with Crippen molar-refractivity contribution in [1.82, 2.24) is 25.5 Å². The van der Waals surface area contributed by atoms with Crippen molar-refractivity contribution in [2.45, 2.75) is 19.4 Å². The first kappa shape index (κ1) is 12.0. The Kier molecular flexibility index (Phi) is 3.52. The van der Waals surface area contributed by atoms with Gasteiger partial charge in [-0.15, -0.1) is 0 Å². The molecular weight excluding hydrogens is 234 g/mol. The van der Waals surface area contributed by atoms with Crippen molar-refractivity contribution in [3.05, 3.63) is 46.4 Å². The number of amides is 1. The topological polar surface area (TPSA) is 104 Å². The summed E-state index contributed by atoms with van der Waals surface area (Å²) in [6.07, 6.45) is 4.02. The zero-order chi connectivity index (χ0) is 13.0. The molecule has 2 rings (SSSR count). The van der Waals surface area contributed by atoms with Crippen LogP contribution in [-0.2, 0) is 0 Å². The van der Waals surface area contributed by atoms with E-state index in [0.717, 1.165) is 0 Å². The van der Waals surface area contributed by atoms with Crippen LogP contribution < -0.4 is 10.9 Å². The number of carbonyl (C=O) groups excluding carboxylic acids is 1. The molecule has 3 N–H and O–H groups in total. The summed E-state index contributed by atoms with van der Waals surface area (Å²) in [5.41, 5.74) is -0.177. The van der Waals surface area contributed by atoms with E-state index in [1.54, 1.807) is 12.4 Å². The molecule has 2 aromatic rings. The number of aromatic amines is 2. The molecule has 18 heavy (non-hydrogen) atoms. The van der Waals surface area contributed by atoms with E-state index in [4.69, 9.17) is 0 Å². The molecule has 7 heteroatoms. The first-order valence-corrected chi connectivity index (χ1v) is 5.56. The lowest BCUT2D eigenvalue weighted by atomic mass is 10.2. The summed E-state index contributed by atoms with van der Waals surface area (Å²) in [6, 6.07) is 2.43. The standard InChI is InChI=1S/C11H13N5O2/c1-2-7(10-12-5-6-13-10)14-11(18)8-3-4-9(17)16-15-8/h3-7H,2H2,1H3,(H,12,13)(H,14,18)(H,16,17). The maximum absolute atomic E-state index is 11.9. The van der Waals surface area contributed by atoms with Crippen molar-refractivity contribution in [1.29, 1.82) is 0 Å². The Hall–Kier alpha value is -2.44. The highest BCUT2D eigenvalue weighted by Crippen LogP contribution is 2.11. The Morgan fingerprint density at radius 1 is 1.50 bits per heavy atom. The van der Waals surface area contributed by atoms with E-state index in [-0.39, 0.29) is 23.2 Å². The van der Waals surface area contributed by atoms with Crippen molar-refractivity contribution >= 4 is 5.91 Å². The van der Waals surface area contributed by atoms with E-state index in [2.05, 4.69) is 25.5 Å². The first-order valence-electron chi connectivity index (χ1n) is 5.56. The summed E-state index contributed by atoms with van der Waals surface area (Å²) in [4.78, 5) is 29.8. The summed E-state index contributed by atoms with van der Waals surface area (Å²) in [7, 11) is 0. The molecule has 0 aliphatic rings. The average molecular weight is 247 g/mol. The highest BCUT2D eigenvalue weighted by molar-refractivity contribution is 5.92. The molecule has 2 heterocycles. The highest BCUT2D eigenvalue weighted by Gasteiger charge is 2.16. The second-order valence-corrected chi connectivity index (χ2v) is 3.72. The van der Waals surface area contributed by atoms with Crippen molar-refractivity contribution < 1.29 is 4.79 Å². The van der Waals surface area contributed by atoms with E-state index >= 15 is 0 Å². The van der Waals surface area contributed by atoms with Crippen LogP contribution in [0.25, 0.3) is 0 Å². The summed E-state index contributed by atoms with van der Waals surface area (Å²) in [5, 5.41) is 8.67. The fourth-order valence-electron chi connectivity index (χ4n) is 1.53. The summed E-state index contributed by atoms with van der Waals surface area (Å²) in [6.45, 7) is 1.94. The molecule has 0 aliphatic heterocycles. The number of nitrogens with zero attached hydrogens (tertiary/aromatic N) is 2.